The SMILES string of the molecule is CCN1CCC(CN2CCCC2=N)C1. The Morgan fingerprint density at radius 3 is 2.86 bits per heavy atom. The Bertz CT molecular complexity index is 215. The first-order chi connectivity index (χ1) is 6.79. The predicted octanol–water partition coefficient (Wildman–Crippen LogP) is 1.40. The van der Waals surface area contributed by atoms with Gasteiger partial charge in [0.05, 0.1) is 5.84 Å². The number of nitrogens with zero attached hydrogens (tertiary/aromatic N) is 2. The Kier molecular flexibility index (Phi) is 3.06. The molecule has 0 spiro atoms. The Morgan fingerprint density at radius 2 is 2.29 bits per heavy atom. The first-order valence-corrected chi connectivity index (χ1v) is 5.84. The first-order valence-electron chi connectivity index (χ1n) is 5.84. The van der Waals surface area contributed by atoms with Gasteiger partial charge in [-0.25, -0.2) is 0 Å². The van der Waals surface area contributed by atoms with E-state index >= 15 is 0 Å². The molecule has 2 saturated heterocycles. The van der Waals surface area contributed by atoms with E-state index in [-0.39, 0.29) is 0 Å². The van der Waals surface area contributed by atoms with Crippen LogP contribution in [0.5, 0.6) is 0 Å². The van der Waals surface area contributed by atoms with Crippen molar-refractivity contribution >= 4 is 5.84 Å². The normalized spacial score (nSPS) is 29.1. The lowest BCUT2D eigenvalue weighted by Crippen LogP contribution is -2.31. The smallest absolute Gasteiger partial charge is 0.0958 e. The van der Waals surface area contributed by atoms with Gasteiger partial charge in [-0.15, -0.1) is 0 Å². The number of likely N-dealkylation sites (tertiary alicyclic amines) is 2. The van der Waals surface area contributed by atoms with Gasteiger partial charge in [0.15, 0.2) is 0 Å². The number of hydrogen-bond donors (Lipinski definition) is 1. The maximum atomic E-state index is 7.78. The quantitative estimate of drug-likeness (QED) is 0.738. The van der Waals surface area contributed by atoms with Crippen LogP contribution in [0.15, 0.2) is 0 Å². The van der Waals surface area contributed by atoms with E-state index in [1.165, 1.54) is 32.5 Å². The van der Waals surface area contributed by atoms with Gasteiger partial charge in [0.2, 0.25) is 0 Å². The zero-order chi connectivity index (χ0) is 9.97. The van der Waals surface area contributed by atoms with Gasteiger partial charge < -0.3 is 9.80 Å². The van der Waals surface area contributed by atoms with Gasteiger partial charge in [0, 0.05) is 26.1 Å². The van der Waals surface area contributed by atoms with Gasteiger partial charge in [-0.1, -0.05) is 6.92 Å². The summed E-state index contributed by atoms with van der Waals surface area (Å²) in [4.78, 5) is 4.80. The largest absolute Gasteiger partial charge is 0.360 e. The molecule has 0 radical (unpaired) electrons. The van der Waals surface area contributed by atoms with Crippen LogP contribution in [0.1, 0.15) is 26.2 Å². The van der Waals surface area contributed by atoms with E-state index in [9.17, 15) is 0 Å². The topological polar surface area (TPSA) is 30.3 Å². The van der Waals surface area contributed by atoms with Crippen molar-refractivity contribution in [1.29, 1.82) is 5.41 Å². The zero-order valence-corrected chi connectivity index (χ0v) is 9.13. The summed E-state index contributed by atoms with van der Waals surface area (Å²) in [6.07, 6.45) is 3.53. The molecule has 0 aromatic heterocycles. The standard InChI is InChI=1S/C11H21N3/c1-2-13-7-5-10(8-13)9-14-6-3-4-11(14)12/h10,12H,2-9H2,1H3. The Hall–Kier alpha value is -0.570. The van der Waals surface area contributed by atoms with Gasteiger partial charge in [-0.2, -0.15) is 0 Å². The number of nitrogens with one attached hydrogen (secondary N) is 1. The summed E-state index contributed by atoms with van der Waals surface area (Å²) in [7, 11) is 0. The Balaban J connectivity index is 1.78. The highest BCUT2D eigenvalue weighted by molar-refractivity contribution is 5.80. The summed E-state index contributed by atoms with van der Waals surface area (Å²) in [5.41, 5.74) is 0. The minimum atomic E-state index is 0.813. The highest BCUT2D eigenvalue weighted by Crippen LogP contribution is 2.20. The van der Waals surface area contributed by atoms with Crippen molar-refractivity contribution in [2.75, 3.05) is 32.7 Å². The fourth-order valence-corrected chi connectivity index (χ4v) is 2.59. The Morgan fingerprint density at radius 1 is 1.43 bits per heavy atom. The first kappa shape index (κ1) is 9.97. The van der Waals surface area contributed by atoms with Crippen molar-refractivity contribution in [2.45, 2.75) is 26.2 Å². The van der Waals surface area contributed by atoms with E-state index in [1.54, 1.807) is 0 Å². The molecule has 80 valence electrons. The van der Waals surface area contributed by atoms with E-state index in [0.717, 1.165) is 31.3 Å². The van der Waals surface area contributed by atoms with Crippen molar-refractivity contribution in [1.82, 2.24) is 9.80 Å². The van der Waals surface area contributed by atoms with E-state index < -0.39 is 0 Å². The van der Waals surface area contributed by atoms with E-state index in [2.05, 4.69) is 16.7 Å². The van der Waals surface area contributed by atoms with Crippen LogP contribution in [0.3, 0.4) is 0 Å². The molecule has 2 rings (SSSR count). The van der Waals surface area contributed by atoms with Gasteiger partial charge in [-0.05, 0) is 31.8 Å². The van der Waals surface area contributed by atoms with Crippen LogP contribution < -0.4 is 0 Å². The highest BCUT2D eigenvalue weighted by Gasteiger charge is 2.25. The summed E-state index contributed by atoms with van der Waals surface area (Å²) >= 11 is 0. The molecule has 2 fully saturated rings. The van der Waals surface area contributed by atoms with Gasteiger partial charge in [0.1, 0.15) is 0 Å². The average Bonchev–Trinajstić information content (AvgIpc) is 2.77. The third-order valence-corrected chi connectivity index (χ3v) is 3.52. The molecule has 0 aromatic carbocycles. The van der Waals surface area contributed by atoms with Gasteiger partial charge in [-0.3, -0.25) is 5.41 Å². The molecule has 1 atom stereocenters. The van der Waals surface area contributed by atoms with Crippen LogP contribution in [-0.4, -0.2) is 48.4 Å². The summed E-state index contributed by atoms with van der Waals surface area (Å²) in [6, 6.07) is 0. The number of amidine groups is 1. The van der Waals surface area contributed by atoms with Crippen molar-refractivity contribution < 1.29 is 0 Å². The van der Waals surface area contributed by atoms with Crippen molar-refractivity contribution in [3.05, 3.63) is 0 Å². The number of rotatable bonds is 3. The van der Waals surface area contributed by atoms with Crippen LogP contribution in [0, 0.1) is 11.3 Å². The molecule has 0 amide bonds. The van der Waals surface area contributed by atoms with Crippen molar-refractivity contribution in [3.8, 4) is 0 Å². The molecule has 2 aliphatic heterocycles. The van der Waals surface area contributed by atoms with Crippen molar-refractivity contribution in [3.63, 3.8) is 0 Å². The van der Waals surface area contributed by atoms with E-state index in [4.69, 9.17) is 5.41 Å². The number of hydrogen-bond acceptors (Lipinski definition) is 2. The fraction of sp³-hybridized carbons (Fsp3) is 0.909. The summed E-state index contributed by atoms with van der Waals surface area (Å²) in [6.45, 7) is 8.20. The predicted molar refractivity (Wildman–Crippen MR) is 58.8 cm³/mol. The minimum Gasteiger partial charge on any atom is -0.360 e. The fourth-order valence-electron chi connectivity index (χ4n) is 2.59. The molecule has 0 saturated carbocycles. The molecule has 1 N–H and O–H groups in total. The molecular weight excluding hydrogens is 174 g/mol. The van der Waals surface area contributed by atoms with Gasteiger partial charge in [0.25, 0.3) is 0 Å². The highest BCUT2D eigenvalue weighted by atomic mass is 15.2. The summed E-state index contributed by atoms with van der Waals surface area (Å²) in [5, 5.41) is 7.78. The lowest BCUT2D eigenvalue weighted by Gasteiger charge is -2.22. The maximum absolute atomic E-state index is 7.78. The molecule has 1 unspecified atom stereocenters. The lowest BCUT2D eigenvalue weighted by atomic mass is 10.1. The monoisotopic (exact) mass is 195 g/mol. The molecule has 0 aliphatic carbocycles. The van der Waals surface area contributed by atoms with Crippen LogP contribution in [0.25, 0.3) is 0 Å². The minimum absolute atomic E-state index is 0.813. The molecule has 0 bridgehead atoms. The van der Waals surface area contributed by atoms with Crippen molar-refractivity contribution in [2.24, 2.45) is 5.92 Å². The molecule has 14 heavy (non-hydrogen) atoms. The third-order valence-electron chi connectivity index (χ3n) is 3.52. The lowest BCUT2D eigenvalue weighted by molar-refractivity contribution is 0.314. The molecule has 2 heterocycles. The van der Waals surface area contributed by atoms with Crippen LogP contribution in [0.4, 0.5) is 0 Å². The van der Waals surface area contributed by atoms with Gasteiger partial charge >= 0.3 is 0 Å². The second-order valence-electron chi connectivity index (χ2n) is 4.54. The molecular formula is C11H21N3. The zero-order valence-electron chi connectivity index (χ0n) is 9.13. The van der Waals surface area contributed by atoms with E-state index in [1.807, 2.05) is 0 Å². The third kappa shape index (κ3) is 2.08. The average molecular weight is 195 g/mol. The molecule has 3 heteroatoms. The second kappa shape index (κ2) is 4.30. The maximum Gasteiger partial charge on any atom is 0.0958 e. The summed E-state index contributed by atoms with van der Waals surface area (Å²) < 4.78 is 0. The van der Waals surface area contributed by atoms with Crippen LogP contribution >= 0.6 is 0 Å². The summed E-state index contributed by atoms with van der Waals surface area (Å²) in [5.74, 6) is 1.69. The molecule has 2 aliphatic rings. The molecule has 0 aromatic rings. The molecule has 3 nitrogen and oxygen atoms in total. The van der Waals surface area contributed by atoms with E-state index in [0.29, 0.717) is 0 Å². The van der Waals surface area contributed by atoms with Crippen LogP contribution in [-0.2, 0) is 0 Å². The Labute approximate surface area is 86.6 Å². The van der Waals surface area contributed by atoms with Crippen LogP contribution in [0.2, 0.25) is 0 Å². The second-order valence-corrected chi connectivity index (χ2v) is 4.54.